The summed E-state index contributed by atoms with van der Waals surface area (Å²) in [6.07, 6.45) is 0. The number of amides is 1. The van der Waals surface area contributed by atoms with E-state index in [-0.39, 0.29) is 11.0 Å². The Kier molecular flexibility index (Phi) is 7.19. The zero-order valence-electron chi connectivity index (χ0n) is 16.1. The summed E-state index contributed by atoms with van der Waals surface area (Å²) < 4.78 is 11.4. The number of rotatable bonds is 7. The molecule has 0 saturated carbocycles. The molecule has 148 valence electrons. The van der Waals surface area contributed by atoms with E-state index in [2.05, 4.69) is 10.6 Å². The zero-order chi connectivity index (χ0) is 20.5. The van der Waals surface area contributed by atoms with Crippen molar-refractivity contribution < 1.29 is 14.3 Å². The standard InChI is InChI=1S/C23H22N2O3S/c1-2-27-20-14-8-6-12-18(20)22(26)25-23(29)24-19-13-7-9-15-21(19)28-16-17-10-4-3-5-11-17/h3-15H,2,16H2,1H3,(H2,24,25,26,29). The molecule has 0 atom stereocenters. The Hall–Kier alpha value is -3.38. The summed E-state index contributed by atoms with van der Waals surface area (Å²) in [5, 5.41) is 5.90. The number of nitrogens with one attached hydrogen (secondary N) is 2. The number of carbonyl (C=O) groups is 1. The molecule has 0 spiro atoms. The van der Waals surface area contributed by atoms with E-state index in [0.717, 1.165) is 5.56 Å². The lowest BCUT2D eigenvalue weighted by atomic mass is 10.2. The van der Waals surface area contributed by atoms with Crippen LogP contribution in [0.2, 0.25) is 0 Å². The van der Waals surface area contributed by atoms with Crippen LogP contribution in [-0.2, 0) is 6.61 Å². The van der Waals surface area contributed by atoms with Gasteiger partial charge in [-0.15, -0.1) is 0 Å². The van der Waals surface area contributed by atoms with E-state index < -0.39 is 0 Å². The van der Waals surface area contributed by atoms with Crippen molar-refractivity contribution >= 4 is 28.9 Å². The third-order valence-electron chi connectivity index (χ3n) is 4.03. The minimum atomic E-state index is -0.339. The van der Waals surface area contributed by atoms with Gasteiger partial charge in [0.2, 0.25) is 0 Å². The molecule has 0 aliphatic rings. The van der Waals surface area contributed by atoms with Gasteiger partial charge in [0, 0.05) is 0 Å². The van der Waals surface area contributed by atoms with Gasteiger partial charge in [0.15, 0.2) is 5.11 Å². The molecule has 5 nitrogen and oxygen atoms in total. The van der Waals surface area contributed by atoms with Crippen LogP contribution < -0.4 is 20.1 Å². The highest BCUT2D eigenvalue weighted by Gasteiger charge is 2.14. The van der Waals surface area contributed by atoms with Gasteiger partial charge in [-0.05, 0) is 49.0 Å². The molecule has 2 N–H and O–H groups in total. The van der Waals surface area contributed by atoms with Crippen LogP contribution in [0.25, 0.3) is 0 Å². The first-order chi connectivity index (χ1) is 14.2. The van der Waals surface area contributed by atoms with Crippen LogP contribution in [0.15, 0.2) is 78.9 Å². The average molecular weight is 407 g/mol. The Morgan fingerprint density at radius 3 is 2.28 bits per heavy atom. The molecular weight excluding hydrogens is 384 g/mol. The van der Waals surface area contributed by atoms with E-state index in [1.54, 1.807) is 18.2 Å². The molecule has 0 heterocycles. The molecule has 29 heavy (non-hydrogen) atoms. The number of carbonyl (C=O) groups excluding carboxylic acids is 1. The van der Waals surface area contributed by atoms with Crippen molar-refractivity contribution in [2.75, 3.05) is 11.9 Å². The third-order valence-corrected chi connectivity index (χ3v) is 4.24. The van der Waals surface area contributed by atoms with Crippen molar-refractivity contribution in [1.29, 1.82) is 0 Å². The smallest absolute Gasteiger partial charge is 0.261 e. The lowest BCUT2D eigenvalue weighted by Gasteiger charge is -2.15. The van der Waals surface area contributed by atoms with Crippen molar-refractivity contribution in [2.24, 2.45) is 0 Å². The van der Waals surface area contributed by atoms with E-state index in [0.29, 0.717) is 36.0 Å². The lowest BCUT2D eigenvalue weighted by Crippen LogP contribution is -2.34. The molecule has 3 rings (SSSR count). The summed E-state index contributed by atoms with van der Waals surface area (Å²) in [6.45, 7) is 2.77. The predicted molar refractivity (Wildman–Crippen MR) is 119 cm³/mol. The van der Waals surface area contributed by atoms with Crippen molar-refractivity contribution in [1.82, 2.24) is 5.32 Å². The quantitative estimate of drug-likeness (QED) is 0.553. The maximum atomic E-state index is 12.6. The highest BCUT2D eigenvalue weighted by atomic mass is 32.1. The molecule has 0 aliphatic heterocycles. The Morgan fingerprint density at radius 2 is 1.52 bits per heavy atom. The van der Waals surface area contributed by atoms with Crippen molar-refractivity contribution in [3.05, 3.63) is 90.0 Å². The van der Waals surface area contributed by atoms with Crippen molar-refractivity contribution in [3.63, 3.8) is 0 Å². The molecule has 0 aromatic heterocycles. The van der Waals surface area contributed by atoms with E-state index in [1.165, 1.54) is 0 Å². The van der Waals surface area contributed by atoms with Crippen molar-refractivity contribution in [2.45, 2.75) is 13.5 Å². The predicted octanol–water partition coefficient (Wildman–Crippen LogP) is 4.79. The topological polar surface area (TPSA) is 59.6 Å². The van der Waals surface area contributed by atoms with Crippen LogP contribution in [-0.4, -0.2) is 17.6 Å². The van der Waals surface area contributed by atoms with E-state index in [1.807, 2.05) is 67.6 Å². The fourth-order valence-corrected chi connectivity index (χ4v) is 2.89. The molecule has 6 heteroatoms. The van der Waals surface area contributed by atoms with E-state index in [4.69, 9.17) is 21.7 Å². The Morgan fingerprint density at radius 1 is 0.862 bits per heavy atom. The summed E-state index contributed by atoms with van der Waals surface area (Å²) in [5.74, 6) is 0.818. The van der Waals surface area contributed by atoms with Gasteiger partial charge in [-0.2, -0.15) is 0 Å². The molecule has 0 radical (unpaired) electrons. The van der Waals surface area contributed by atoms with Crippen LogP contribution >= 0.6 is 12.2 Å². The fraction of sp³-hybridized carbons (Fsp3) is 0.130. The summed E-state index contributed by atoms with van der Waals surface area (Å²) in [6, 6.07) is 24.4. The summed E-state index contributed by atoms with van der Waals surface area (Å²) in [7, 11) is 0. The maximum absolute atomic E-state index is 12.6. The number of hydrogen-bond donors (Lipinski definition) is 2. The molecular formula is C23H22N2O3S. The summed E-state index contributed by atoms with van der Waals surface area (Å²) >= 11 is 5.32. The molecule has 0 unspecified atom stereocenters. The third kappa shape index (κ3) is 5.80. The number of hydrogen-bond acceptors (Lipinski definition) is 4. The molecule has 0 bridgehead atoms. The van der Waals surface area contributed by atoms with E-state index >= 15 is 0 Å². The first kappa shape index (κ1) is 20.4. The SMILES string of the molecule is CCOc1ccccc1C(=O)NC(=S)Nc1ccccc1OCc1ccccc1. The molecule has 0 fully saturated rings. The summed E-state index contributed by atoms with van der Waals surface area (Å²) in [4.78, 5) is 12.6. The molecule has 1 amide bonds. The van der Waals surface area contributed by atoms with Gasteiger partial charge in [-0.1, -0.05) is 54.6 Å². The highest BCUT2D eigenvalue weighted by Crippen LogP contribution is 2.25. The summed E-state index contributed by atoms with van der Waals surface area (Å²) in [5.41, 5.74) is 2.16. The average Bonchev–Trinajstić information content (AvgIpc) is 2.74. The van der Waals surface area contributed by atoms with Gasteiger partial charge < -0.3 is 14.8 Å². The normalized spacial score (nSPS) is 10.1. The maximum Gasteiger partial charge on any atom is 0.261 e. The highest BCUT2D eigenvalue weighted by molar-refractivity contribution is 7.80. The Balaban J connectivity index is 1.64. The molecule has 3 aromatic rings. The Labute approximate surface area is 175 Å². The molecule has 0 saturated heterocycles. The van der Waals surface area contributed by atoms with Gasteiger partial charge in [-0.3, -0.25) is 10.1 Å². The number of anilines is 1. The van der Waals surface area contributed by atoms with Crippen LogP contribution in [0, 0.1) is 0 Å². The van der Waals surface area contributed by atoms with Gasteiger partial charge in [0.1, 0.15) is 18.1 Å². The minimum absolute atomic E-state index is 0.178. The van der Waals surface area contributed by atoms with Gasteiger partial charge in [0.05, 0.1) is 17.9 Å². The lowest BCUT2D eigenvalue weighted by molar-refractivity contribution is 0.0974. The first-order valence-corrected chi connectivity index (χ1v) is 9.68. The second kappa shape index (κ2) is 10.2. The monoisotopic (exact) mass is 406 g/mol. The first-order valence-electron chi connectivity index (χ1n) is 9.27. The number of benzene rings is 3. The largest absolute Gasteiger partial charge is 0.493 e. The number of para-hydroxylation sites is 3. The fourth-order valence-electron chi connectivity index (χ4n) is 2.69. The second-order valence-electron chi connectivity index (χ2n) is 6.11. The van der Waals surface area contributed by atoms with Gasteiger partial charge in [-0.25, -0.2) is 0 Å². The van der Waals surface area contributed by atoms with Crippen LogP contribution in [0.4, 0.5) is 5.69 Å². The number of ether oxygens (including phenoxy) is 2. The van der Waals surface area contributed by atoms with Crippen LogP contribution in [0.3, 0.4) is 0 Å². The Bertz CT molecular complexity index is 977. The second-order valence-corrected chi connectivity index (χ2v) is 6.52. The van der Waals surface area contributed by atoms with Gasteiger partial charge in [0.25, 0.3) is 5.91 Å². The van der Waals surface area contributed by atoms with Crippen LogP contribution in [0.5, 0.6) is 11.5 Å². The minimum Gasteiger partial charge on any atom is -0.493 e. The molecule has 3 aromatic carbocycles. The zero-order valence-corrected chi connectivity index (χ0v) is 16.9. The van der Waals surface area contributed by atoms with Crippen LogP contribution in [0.1, 0.15) is 22.8 Å². The van der Waals surface area contributed by atoms with Crippen molar-refractivity contribution in [3.8, 4) is 11.5 Å². The number of thiocarbonyl (C=S) groups is 1. The van der Waals surface area contributed by atoms with Gasteiger partial charge >= 0.3 is 0 Å². The van der Waals surface area contributed by atoms with E-state index in [9.17, 15) is 4.79 Å². The molecule has 0 aliphatic carbocycles.